The summed E-state index contributed by atoms with van der Waals surface area (Å²) in [4.78, 5) is 24.2. The van der Waals surface area contributed by atoms with Crippen molar-refractivity contribution in [2.24, 2.45) is 0 Å². The van der Waals surface area contributed by atoms with Crippen LogP contribution in [-0.4, -0.2) is 42.1 Å². The molecule has 0 saturated heterocycles. The molecule has 1 aromatic carbocycles. The molecule has 1 saturated carbocycles. The molecule has 6 nitrogen and oxygen atoms in total. The summed E-state index contributed by atoms with van der Waals surface area (Å²) < 4.78 is 0. The smallest absolute Gasteiger partial charge is 0.225 e. The molecule has 4 rings (SSSR count). The fourth-order valence-electron chi connectivity index (χ4n) is 4.83. The van der Waals surface area contributed by atoms with Crippen LogP contribution in [0.3, 0.4) is 0 Å². The number of hydrogen-bond donors (Lipinski definition) is 2. The van der Waals surface area contributed by atoms with E-state index in [9.17, 15) is 4.79 Å². The van der Waals surface area contributed by atoms with Crippen LogP contribution in [0.5, 0.6) is 0 Å². The number of benzene rings is 1. The van der Waals surface area contributed by atoms with Crippen LogP contribution in [0.4, 0.5) is 11.8 Å². The highest BCUT2D eigenvalue weighted by Gasteiger charge is 2.24. The van der Waals surface area contributed by atoms with E-state index in [0.717, 1.165) is 55.9 Å². The zero-order chi connectivity index (χ0) is 23.4. The summed E-state index contributed by atoms with van der Waals surface area (Å²) in [6.07, 6.45) is 9.54. The van der Waals surface area contributed by atoms with Crippen LogP contribution >= 0.6 is 23.2 Å². The summed E-state index contributed by atoms with van der Waals surface area (Å²) in [5.74, 6) is 1.88. The molecule has 0 atom stereocenters. The van der Waals surface area contributed by atoms with Crippen molar-refractivity contribution in [1.82, 2.24) is 15.3 Å². The van der Waals surface area contributed by atoms with Gasteiger partial charge in [-0.25, -0.2) is 4.98 Å². The SMILES string of the molecule is CN(C)c1nc(NC2CCC(NC(=O)CCc3ccc(Cl)c(Cl)c3)CC2)nc2c1CCCC2. The molecule has 2 aliphatic rings. The van der Waals surface area contributed by atoms with Gasteiger partial charge in [0, 0.05) is 38.2 Å². The molecule has 0 spiro atoms. The van der Waals surface area contributed by atoms with Gasteiger partial charge in [0.25, 0.3) is 0 Å². The summed E-state index contributed by atoms with van der Waals surface area (Å²) in [5.41, 5.74) is 3.53. The van der Waals surface area contributed by atoms with Crippen molar-refractivity contribution < 1.29 is 4.79 Å². The molecule has 2 aromatic rings. The molecule has 2 N–H and O–H groups in total. The zero-order valence-electron chi connectivity index (χ0n) is 19.5. The van der Waals surface area contributed by atoms with Gasteiger partial charge < -0.3 is 15.5 Å². The number of fused-ring (bicyclic) bond motifs is 1. The third-order valence-corrected chi connectivity index (χ3v) is 7.37. The summed E-state index contributed by atoms with van der Waals surface area (Å²) in [6, 6.07) is 6.10. The fourth-order valence-corrected chi connectivity index (χ4v) is 5.15. The molecule has 1 fully saturated rings. The van der Waals surface area contributed by atoms with Gasteiger partial charge in [0.05, 0.1) is 15.7 Å². The largest absolute Gasteiger partial charge is 0.362 e. The van der Waals surface area contributed by atoms with E-state index < -0.39 is 0 Å². The summed E-state index contributed by atoms with van der Waals surface area (Å²) in [6.45, 7) is 0. The first-order chi connectivity index (χ1) is 15.9. The number of anilines is 2. The van der Waals surface area contributed by atoms with Gasteiger partial charge in [0.2, 0.25) is 11.9 Å². The van der Waals surface area contributed by atoms with Crippen molar-refractivity contribution in [3.8, 4) is 0 Å². The molecule has 2 aliphatic carbocycles. The number of rotatable bonds is 7. The third-order valence-electron chi connectivity index (χ3n) is 6.64. The highest BCUT2D eigenvalue weighted by atomic mass is 35.5. The van der Waals surface area contributed by atoms with E-state index in [2.05, 4.69) is 29.6 Å². The molecule has 0 unspecified atom stereocenters. The third kappa shape index (κ3) is 6.30. The molecule has 0 bridgehead atoms. The Morgan fingerprint density at radius 1 is 1.03 bits per heavy atom. The topological polar surface area (TPSA) is 70.2 Å². The number of halogens is 2. The summed E-state index contributed by atoms with van der Waals surface area (Å²) in [7, 11) is 4.10. The van der Waals surface area contributed by atoms with Crippen LogP contribution in [0, 0.1) is 0 Å². The lowest BCUT2D eigenvalue weighted by molar-refractivity contribution is -0.122. The van der Waals surface area contributed by atoms with Gasteiger partial charge in [-0.15, -0.1) is 0 Å². The molecule has 1 aromatic heterocycles. The first-order valence-corrected chi connectivity index (χ1v) is 12.7. The lowest BCUT2D eigenvalue weighted by Crippen LogP contribution is -2.40. The maximum Gasteiger partial charge on any atom is 0.225 e. The van der Waals surface area contributed by atoms with Crippen LogP contribution < -0.4 is 15.5 Å². The van der Waals surface area contributed by atoms with Crippen LogP contribution in [0.15, 0.2) is 18.2 Å². The zero-order valence-corrected chi connectivity index (χ0v) is 21.0. The van der Waals surface area contributed by atoms with E-state index >= 15 is 0 Å². The average Bonchev–Trinajstić information content (AvgIpc) is 2.80. The number of aryl methyl sites for hydroxylation is 2. The summed E-state index contributed by atoms with van der Waals surface area (Å²) in [5, 5.41) is 7.84. The number of carbonyl (C=O) groups excluding carboxylic acids is 1. The van der Waals surface area contributed by atoms with Crippen molar-refractivity contribution in [3.63, 3.8) is 0 Å². The monoisotopic (exact) mass is 489 g/mol. The Kier molecular flexibility index (Phi) is 7.97. The highest BCUT2D eigenvalue weighted by Crippen LogP contribution is 2.29. The minimum atomic E-state index is 0.0890. The Labute approximate surface area is 206 Å². The van der Waals surface area contributed by atoms with E-state index in [1.54, 1.807) is 6.07 Å². The molecule has 33 heavy (non-hydrogen) atoms. The normalized spacial score (nSPS) is 20.1. The van der Waals surface area contributed by atoms with Crippen LogP contribution in [0.2, 0.25) is 10.0 Å². The first kappa shape index (κ1) is 24.1. The second-order valence-electron chi connectivity index (χ2n) is 9.41. The molecule has 0 aliphatic heterocycles. The average molecular weight is 490 g/mol. The Morgan fingerprint density at radius 3 is 2.48 bits per heavy atom. The van der Waals surface area contributed by atoms with Gasteiger partial charge in [0.15, 0.2) is 0 Å². The van der Waals surface area contributed by atoms with E-state index in [1.807, 2.05) is 12.1 Å². The number of nitrogens with one attached hydrogen (secondary N) is 2. The Hall–Kier alpha value is -2.05. The molecular formula is C25H33Cl2N5O. The number of carbonyl (C=O) groups is 1. The van der Waals surface area contributed by atoms with Gasteiger partial charge in [-0.2, -0.15) is 4.98 Å². The van der Waals surface area contributed by atoms with Gasteiger partial charge >= 0.3 is 0 Å². The molecule has 1 amide bonds. The molecule has 0 radical (unpaired) electrons. The fraction of sp³-hybridized carbons (Fsp3) is 0.560. The van der Waals surface area contributed by atoms with Crippen molar-refractivity contribution in [3.05, 3.63) is 45.1 Å². The van der Waals surface area contributed by atoms with Crippen LogP contribution in [0.1, 0.15) is 61.8 Å². The Bertz CT molecular complexity index is 989. The van der Waals surface area contributed by atoms with Crippen molar-refractivity contribution in [2.75, 3.05) is 24.3 Å². The quantitative estimate of drug-likeness (QED) is 0.559. The molecule has 8 heteroatoms. The Morgan fingerprint density at radius 2 is 1.76 bits per heavy atom. The maximum atomic E-state index is 12.4. The minimum absolute atomic E-state index is 0.0890. The van der Waals surface area contributed by atoms with Gasteiger partial charge in [-0.3, -0.25) is 4.79 Å². The number of aromatic nitrogens is 2. The van der Waals surface area contributed by atoms with E-state index in [4.69, 9.17) is 33.2 Å². The molecule has 178 valence electrons. The summed E-state index contributed by atoms with van der Waals surface area (Å²) >= 11 is 12.0. The second kappa shape index (κ2) is 10.9. The lowest BCUT2D eigenvalue weighted by Gasteiger charge is -2.30. The molecular weight excluding hydrogens is 457 g/mol. The molecule has 1 heterocycles. The van der Waals surface area contributed by atoms with E-state index in [0.29, 0.717) is 28.9 Å². The predicted octanol–water partition coefficient (Wildman–Crippen LogP) is 5.20. The standard InChI is InChI=1S/C25H33Cl2N5O/c1-32(2)24-19-5-3-4-6-22(19)30-25(31-24)29-18-11-9-17(10-12-18)28-23(33)14-8-16-7-13-20(26)21(27)15-16/h7,13,15,17-18H,3-6,8-12,14H2,1-2H3,(H,28,33)(H,29,30,31). The van der Waals surface area contributed by atoms with Crippen LogP contribution in [-0.2, 0) is 24.1 Å². The predicted molar refractivity (Wildman–Crippen MR) is 136 cm³/mol. The lowest BCUT2D eigenvalue weighted by atomic mass is 9.91. The highest BCUT2D eigenvalue weighted by molar-refractivity contribution is 6.42. The maximum absolute atomic E-state index is 12.4. The number of nitrogens with zero attached hydrogens (tertiary/aromatic N) is 3. The van der Waals surface area contributed by atoms with Gasteiger partial charge in [-0.1, -0.05) is 29.3 Å². The van der Waals surface area contributed by atoms with Crippen molar-refractivity contribution in [2.45, 2.75) is 76.3 Å². The van der Waals surface area contributed by atoms with Gasteiger partial charge in [-0.05, 0) is 75.5 Å². The van der Waals surface area contributed by atoms with E-state index in [1.165, 1.54) is 24.1 Å². The minimum Gasteiger partial charge on any atom is -0.362 e. The van der Waals surface area contributed by atoms with Crippen LogP contribution in [0.25, 0.3) is 0 Å². The number of amides is 1. The van der Waals surface area contributed by atoms with Crippen molar-refractivity contribution in [1.29, 1.82) is 0 Å². The first-order valence-electron chi connectivity index (χ1n) is 12.0. The number of hydrogen-bond acceptors (Lipinski definition) is 5. The Balaban J connectivity index is 1.25. The van der Waals surface area contributed by atoms with E-state index in [-0.39, 0.29) is 11.9 Å². The van der Waals surface area contributed by atoms with Gasteiger partial charge in [0.1, 0.15) is 5.82 Å². The van der Waals surface area contributed by atoms with Crippen molar-refractivity contribution >= 4 is 40.9 Å². The second-order valence-corrected chi connectivity index (χ2v) is 10.2.